The molecule has 0 bridgehead atoms. The number of halogens is 2. The van der Waals surface area contributed by atoms with Crippen LogP contribution < -0.4 is 0 Å². The van der Waals surface area contributed by atoms with Crippen LogP contribution in [0.1, 0.15) is 16.2 Å². The monoisotopic (exact) mass is 446 g/mol. The SMILES string of the molecule is Cc1cc(C(=O)N2CCN(S(=O)(=O)c3ccc(F)cc3F)CC2)nn1-c1ccccc1. The van der Waals surface area contributed by atoms with Crippen molar-refractivity contribution >= 4 is 15.9 Å². The average Bonchev–Trinajstić information content (AvgIpc) is 3.15. The molecule has 162 valence electrons. The van der Waals surface area contributed by atoms with Crippen LogP contribution >= 0.6 is 0 Å². The number of rotatable bonds is 4. The van der Waals surface area contributed by atoms with Crippen molar-refractivity contribution in [2.75, 3.05) is 26.2 Å². The Kier molecular flexibility index (Phi) is 5.59. The smallest absolute Gasteiger partial charge is 0.274 e. The zero-order valence-corrected chi connectivity index (χ0v) is 17.5. The summed E-state index contributed by atoms with van der Waals surface area (Å²) in [5, 5.41) is 4.40. The lowest BCUT2D eigenvalue weighted by Crippen LogP contribution is -2.50. The summed E-state index contributed by atoms with van der Waals surface area (Å²) >= 11 is 0. The van der Waals surface area contributed by atoms with Crippen LogP contribution in [0.15, 0.2) is 59.5 Å². The first kappa shape index (κ1) is 21.1. The molecule has 7 nitrogen and oxygen atoms in total. The van der Waals surface area contributed by atoms with Crippen LogP contribution in [0.5, 0.6) is 0 Å². The fourth-order valence-electron chi connectivity index (χ4n) is 3.53. The number of benzene rings is 2. The summed E-state index contributed by atoms with van der Waals surface area (Å²) in [7, 11) is -4.13. The predicted octanol–water partition coefficient (Wildman–Crippen LogP) is 2.61. The molecule has 0 N–H and O–H groups in total. The standard InChI is InChI=1S/C21H20F2N4O3S/c1-15-13-19(24-27(15)17-5-3-2-4-6-17)21(28)25-9-11-26(12-10-25)31(29,30)20-8-7-16(22)14-18(20)23/h2-8,13-14H,9-12H2,1H3. The summed E-state index contributed by atoms with van der Waals surface area (Å²) in [6.45, 7) is 2.13. The molecule has 31 heavy (non-hydrogen) atoms. The van der Waals surface area contributed by atoms with E-state index in [1.165, 1.54) is 4.90 Å². The van der Waals surface area contributed by atoms with Gasteiger partial charge in [-0.05, 0) is 37.3 Å². The minimum Gasteiger partial charge on any atom is -0.335 e. The lowest BCUT2D eigenvalue weighted by atomic mass is 10.3. The van der Waals surface area contributed by atoms with Crippen molar-refractivity contribution in [3.05, 3.63) is 77.6 Å². The summed E-state index contributed by atoms with van der Waals surface area (Å²) in [4.78, 5) is 13.8. The Hall–Kier alpha value is -3.11. The van der Waals surface area contributed by atoms with Gasteiger partial charge in [0, 0.05) is 37.9 Å². The molecule has 1 amide bonds. The van der Waals surface area contributed by atoms with Crippen molar-refractivity contribution in [3.8, 4) is 5.69 Å². The number of amides is 1. The van der Waals surface area contributed by atoms with Gasteiger partial charge in [-0.1, -0.05) is 18.2 Å². The van der Waals surface area contributed by atoms with E-state index in [0.717, 1.165) is 27.8 Å². The van der Waals surface area contributed by atoms with Gasteiger partial charge in [0.25, 0.3) is 5.91 Å². The number of para-hydroxylation sites is 1. The summed E-state index contributed by atoms with van der Waals surface area (Å²) in [5.74, 6) is -2.29. The zero-order valence-electron chi connectivity index (χ0n) is 16.7. The molecule has 2 heterocycles. The average molecular weight is 446 g/mol. The van der Waals surface area contributed by atoms with Crippen molar-refractivity contribution in [1.29, 1.82) is 0 Å². The number of aromatic nitrogens is 2. The molecule has 1 aliphatic heterocycles. The van der Waals surface area contributed by atoms with Gasteiger partial charge < -0.3 is 4.90 Å². The maximum Gasteiger partial charge on any atom is 0.274 e. The van der Waals surface area contributed by atoms with Gasteiger partial charge in [-0.25, -0.2) is 21.9 Å². The number of sulfonamides is 1. The summed E-state index contributed by atoms with van der Waals surface area (Å²) < 4.78 is 55.3. The van der Waals surface area contributed by atoms with E-state index in [2.05, 4.69) is 5.10 Å². The first-order chi connectivity index (χ1) is 14.8. The van der Waals surface area contributed by atoms with Crippen LogP contribution in [0.4, 0.5) is 8.78 Å². The lowest BCUT2D eigenvalue weighted by Gasteiger charge is -2.33. The van der Waals surface area contributed by atoms with E-state index in [4.69, 9.17) is 0 Å². The maximum absolute atomic E-state index is 14.0. The van der Waals surface area contributed by atoms with E-state index in [1.807, 2.05) is 37.3 Å². The van der Waals surface area contributed by atoms with Crippen LogP contribution in [-0.4, -0.2) is 59.5 Å². The van der Waals surface area contributed by atoms with Gasteiger partial charge in [0.15, 0.2) is 5.69 Å². The van der Waals surface area contributed by atoms with Gasteiger partial charge in [-0.3, -0.25) is 4.79 Å². The highest BCUT2D eigenvalue weighted by atomic mass is 32.2. The number of hydrogen-bond donors (Lipinski definition) is 0. The number of carbonyl (C=O) groups excluding carboxylic acids is 1. The van der Waals surface area contributed by atoms with Gasteiger partial charge >= 0.3 is 0 Å². The molecule has 4 rings (SSSR count). The summed E-state index contributed by atoms with van der Waals surface area (Å²) in [6, 6.07) is 13.4. The highest BCUT2D eigenvalue weighted by molar-refractivity contribution is 7.89. The van der Waals surface area contributed by atoms with Crippen molar-refractivity contribution < 1.29 is 22.0 Å². The second-order valence-corrected chi connectivity index (χ2v) is 9.10. The molecule has 0 saturated carbocycles. The number of nitrogens with zero attached hydrogens (tertiary/aromatic N) is 4. The molecule has 0 aliphatic carbocycles. The van der Waals surface area contributed by atoms with Crippen LogP contribution in [-0.2, 0) is 10.0 Å². The van der Waals surface area contributed by atoms with Gasteiger partial charge in [0.2, 0.25) is 10.0 Å². The van der Waals surface area contributed by atoms with E-state index in [-0.39, 0.29) is 37.8 Å². The van der Waals surface area contributed by atoms with Crippen LogP contribution in [0, 0.1) is 18.6 Å². The van der Waals surface area contributed by atoms with E-state index in [0.29, 0.717) is 6.07 Å². The second kappa shape index (κ2) is 8.20. The minimum absolute atomic E-state index is 0.00324. The number of piperazine rings is 1. The van der Waals surface area contributed by atoms with Crippen LogP contribution in [0.25, 0.3) is 5.69 Å². The lowest BCUT2D eigenvalue weighted by molar-refractivity contribution is 0.0691. The van der Waals surface area contributed by atoms with Gasteiger partial charge in [-0.2, -0.15) is 9.40 Å². The Morgan fingerprint density at radius 1 is 0.968 bits per heavy atom. The van der Waals surface area contributed by atoms with Gasteiger partial charge in [0.05, 0.1) is 5.69 Å². The molecule has 2 aromatic carbocycles. The molecular formula is C21H20F2N4O3S. The van der Waals surface area contributed by atoms with E-state index < -0.39 is 26.6 Å². The van der Waals surface area contributed by atoms with Crippen LogP contribution in [0.3, 0.4) is 0 Å². The van der Waals surface area contributed by atoms with Crippen molar-refractivity contribution in [3.63, 3.8) is 0 Å². The van der Waals surface area contributed by atoms with Crippen molar-refractivity contribution in [2.45, 2.75) is 11.8 Å². The molecule has 0 radical (unpaired) electrons. The topological polar surface area (TPSA) is 75.5 Å². The largest absolute Gasteiger partial charge is 0.335 e. The normalized spacial score (nSPS) is 15.3. The first-order valence-corrected chi connectivity index (χ1v) is 11.1. The fraction of sp³-hybridized carbons (Fsp3) is 0.238. The number of aryl methyl sites for hydroxylation is 1. The van der Waals surface area contributed by atoms with Gasteiger partial charge in [0.1, 0.15) is 16.5 Å². The minimum atomic E-state index is -4.13. The Balaban J connectivity index is 1.47. The molecule has 0 spiro atoms. The highest BCUT2D eigenvalue weighted by Crippen LogP contribution is 2.22. The Labute approximate surface area is 178 Å². The van der Waals surface area contributed by atoms with Crippen molar-refractivity contribution in [1.82, 2.24) is 19.0 Å². The molecule has 3 aromatic rings. The molecule has 0 atom stereocenters. The molecule has 1 aromatic heterocycles. The number of hydrogen-bond acceptors (Lipinski definition) is 4. The highest BCUT2D eigenvalue weighted by Gasteiger charge is 2.33. The first-order valence-electron chi connectivity index (χ1n) is 9.64. The molecule has 1 saturated heterocycles. The molecule has 10 heteroatoms. The third-order valence-electron chi connectivity index (χ3n) is 5.14. The fourth-order valence-corrected chi connectivity index (χ4v) is 4.99. The summed E-state index contributed by atoms with van der Waals surface area (Å²) in [5.41, 5.74) is 1.89. The van der Waals surface area contributed by atoms with E-state index in [1.54, 1.807) is 10.7 Å². The van der Waals surface area contributed by atoms with Gasteiger partial charge in [-0.15, -0.1) is 0 Å². The molecule has 1 fully saturated rings. The summed E-state index contributed by atoms with van der Waals surface area (Å²) in [6.07, 6.45) is 0. The molecular weight excluding hydrogens is 426 g/mol. The second-order valence-electron chi connectivity index (χ2n) is 7.19. The zero-order chi connectivity index (χ0) is 22.2. The Bertz CT molecular complexity index is 1220. The molecule has 0 unspecified atom stereocenters. The quantitative estimate of drug-likeness (QED) is 0.618. The third kappa shape index (κ3) is 4.08. The van der Waals surface area contributed by atoms with E-state index in [9.17, 15) is 22.0 Å². The predicted molar refractivity (Wildman–Crippen MR) is 109 cm³/mol. The maximum atomic E-state index is 14.0. The van der Waals surface area contributed by atoms with E-state index >= 15 is 0 Å². The third-order valence-corrected chi connectivity index (χ3v) is 7.08. The van der Waals surface area contributed by atoms with Crippen LogP contribution in [0.2, 0.25) is 0 Å². The number of carbonyl (C=O) groups is 1. The Morgan fingerprint density at radius 3 is 2.29 bits per heavy atom. The molecule has 1 aliphatic rings. The van der Waals surface area contributed by atoms with Crippen molar-refractivity contribution in [2.24, 2.45) is 0 Å². The Morgan fingerprint density at radius 2 is 1.65 bits per heavy atom.